The Morgan fingerprint density at radius 1 is 1.59 bits per heavy atom. The van der Waals surface area contributed by atoms with E-state index in [0.29, 0.717) is 17.7 Å². The van der Waals surface area contributed by atoms with Gasteiger partial charge < -0.3 is 10.1 Å². The summed E-state index contributed by atoms with van der Waals surface area (Å²) in [5, 5.41) is 11.3. The minimum Gasteiger partial charge on any atom is -0.496 e. The van der Waals surface area contributed by atoms with Crippen LogP contribution in [0.3, 0.4) is 0 Å². The first-order valence-corrected chi connectivity index (χ1v) is 5.41. The average Bonchev–Trinajstić information content (AvgIpc) is 2.29. The third kappa shape index (κ3) is 3.49. The summed E-state index contributed by atoms with van der Waals surface area (Å²) in [6, 6.07) is 7.14. The standard InChI is InChI=1S/C13H16N2O2/c1-9-4-5-11(8-12(9)17-3)13(16)15-10(2)6-7-14/h4-5,8,10H,6H2,1-3H3,(H,15,16)/t10-/m0/s1. The molecule has 0 saturated heterocycles. The van der Waals surface area contributed by atoms with Crippen LogP contribution in [-0.2, 0) is 0 Å². The minimum absolute atomic E-state index is 0.153. The van der Waals surface area contributed by atoms with E-state index in [-0.39, 0.29) is 11.9 Å². The summed E-state index contributed by atoms with van der Waals surface area (Å²) >= 11 is 0. The molecule has 0 aromatic heterocycles. The maximum atomic E-state index is 11.8. The lowest BCUT2D eigenvalue weighted by molar-refractivity contribution is 0.0940. The van der Waals surface area contributed by atoms with Gasteiger partial charge in [-0.1, -0.05) is 6.07 Å². The van der Waals surface area contributed by atoms with Crippen molar-refractivity contribution in [1.29, 1.82) is 5.26 Å². The van der Waals surface area contributed by atoms with Gasteiger partial charge in [-0.15, -0.1) is 0 Å². The lowest BCUT2D eigenvalue weighted by Gasteiger charge is -2.11. The molecule has 4 heteroatoms. The number of benzene rings is 1. The van der Waals surface area contributed by atoms with Gasteiger partial charge in [-0.2, -0.15) is 5.26 Å². The summed E-state index contributed by atoms with van der Waals surface area (Å²) < 4.78 is 5.16. The van der Waals surface area contributed by atoms with Gasteiger partial charge in [0.2, 0.25) is 0 Å². The summed E-state index contributed by atoms with van der Waals surface area (Å²) in [5.74, 6) is 0.497. The quantitative estimate of drug-likeness (QED) is 0.864. The molecule has 1 aromatic carbocycles. The highest BCUT2D eigenvalue weighted by atomic mass is 16.5. The van der Waals surface area contributed by atoms with E-state index in [9.17, 15) is 4.79 Å². The number of hydrogen-bond acceptors (Lipinski definition) is 3. The number of aryl methyl sites for hydroxylation is 1. The van der Waals surface area contributed by atoms with E-state index in [2.05, 4.69) is 5.32 Å². The largest absolute Gasteiger partial charge is 0.496 e. The average molecular weight is 232 g/mol. The predicted molar refractivity (Wildman–Crippen MR) is 64.9 cm³/mol. The van der Waals surface area contributed by atoms with Gasteiger partial charge in [-0.3, -0.25) is 4.79 Å². The van der Waals surface area contributed by atoms with Gasteiger partial charge in [-0.05, 0) is 31.5 Å². The van der Waals surface area contributed by atoms with E-state index in [1.807, 2.05) is 19.1 Å². The Labute approximate surface area is 101 Å². The third-order valence-corrected chi connectivity index (χ3v) is 2.45. The van der Waals surface area contributed by atoms with Crippen LogP contribution in [0.5, 0.6) is 5.75 Å². The van der Waals surface area contributed by atoms with Crippen LogP contribution >= 0.6 is 0 Å². The zero-order valence-corrected chi connectivity index (χ0v) is 10.3. The molecule has 0 bridgehead atoms. The number of nitriles is 1. The maximum Gasteiger partial charge on any atom is 0.251 e. The molecule has 0 fully saturated rings. The zero-order chi connectivity index (χ0) is 12.8. The molecular weight excluding hydrogens is 216 g/mol. The minimum atomic E-state index is -0.189. The molecule has 1 amide bonds. The Bertz CT molecular complexity index is 449. The summed E-state index contributed by atoms with van der Waals surface area (Å²) in [5.41, 5.74) is 1.52. The fraction of sp³-hybridized carbons (Fsp3) is 0.385. The molecule has 0 aliphatic rings. The second-order valence-electron chi connectivity index (χ2n) is 3.92. The Morgan fingerprint density at radius 3 is 2.88 bits per heavy atom. The van der Waals surface area contributed by atoms with Gasteiger partial charge >= 0.3 is 0 Å². The lowest BCUT2D eigenvalue weighted by Crippen LogP contribution is -2.32. The Balaban J connectivity index is 2.79. The molecule has 0 saturated carbocycles. The van der Waals surface area contributed by atoms with Crippen molar-refractivity contribution in [3.63, 3.8) is 0 Å². The topological polar surface area (TPSA) is 62.1 Å². The van der Waals surface area contributed by atoms with Crippen molar-refractivity contribution in [2.45, 2.75) is 26.3 Å². The number of carbonyl (C=O) groups excluding carboxylic acids is 1. The summed E-state index contributed by atoms with van der Waals surface area (Å²) in [6.45, 7) is 3.71. The number of carbonyl (C=O) groups is 1. The van der Waals surface area contributed by atoms with Gasteiger partial charge in [0.1, 0.15) is 5.75 Å². The first-order chi connectivity index (χ1) is 8.08. The third-order valence-electron chi connectivity index (χ3n) is 2.45. The summed E-state index contributed by atoms with van der Waals surface area (Å²) in [7, 11) is 1.57. The number of hydrogen-bond donors (Lipinski definition) is 1. The molecule has 0 heterocycles. The van der Waals surface area contributed by atoms with Gasteiger partial charge in [0.05, 0.1) is 19.6 Å². The molecule has 17 heavy (non-hydrogen) atoms. The van der Waals surface area contributed by atoms with Gasteiger partial charge in [0.15, 0.2) is 0 Å². The van der Waals surface area contributed by atoms with Crippen molar-refractivity contribution in [3.05, 3.63) is 29.3 Å². The van der Waals surface area contributed by atoms with Crippen molar-refractivity contribution in [3.8, 4) is 11.8 Å². The monoisotopic (exact) mass is 232 g/mol. The molecule has 0 spiro atoms. The van der Waals surface area contributed by atoms with Crippen LogP contribution in [0.1, 0.15) is 29.3 Å². The second-order valence-corrected chi connectivity index (χ2v) is 3.92. The molecule has 1 N–H and O–H groups in total. The normalized spacial score (nSPS) is 11.4. The van der Waals surface area contributed by atoms with E-state index in [1.54, 1.807) is 26.2 Å². The van der Waals surface area contributed by atoms with Crippen LogP contribution in [0.2, 0.25) is 0 Å². The lowest BCUT2D eigenvalue weighted by atomic mass is 10.1. The van der Waals surface area contributed by atoms with Crippen LogP contribution in [0.4, 0.5) is 0 Å². The number of methoxy groups -OCH3 is 1. The van der Waals surface area contributed by atoms with Crippen LogP contribution in [-0.4, -0.2) is 19.1 Å². The molecule has 0 aliphatic heterocycles. The SMILES string of the molecule is COc1cc(C(=O)N[C@@H](C)CC#N)ccc1C. The van der Waals surface area contributed by atoms with Crippen molar-refractivity contribution in [2.75, 3.05) is 7.11 Å². The number of amides is 1. The molecule has 90 valence electrons. The van der Waals surface area contributed by atoms with E-state index in [0.717, 1.165) is 5.56 Å². The van der Waals surface area contributed by atoms with E-state index < -0.39 is 0 Å². The van der Waals surface area contributed by atoms with E-state index >= 15 is 0 Å². The van der Waals surface area contributed by atoms with Crippen LogP contribution in [0.25, 0.3) is 0 Å². The van der Waals surface area contributed by atoms with Crippen LogP contribution in [0, 0.1) is 18.3 Å². The first-order valence-electron chi connectivity index (χ1n) is 5.41. The summed E-state index contributed by atoms with van der Waals surface area (Å²) in [6.07, 6.45) is 0.300. The molecule has 1 rings (SSSR count). The number of nitrogens with zero attached hydrogens (tertiary/aromatic N) is 1. The van der Waals surface area contributed by atoms with Gasteiger partial charge in [-0.25, -0.2) is 0 Å². The van der Waals surface area contributed by atoms with Crippen molar-refractivity contribution in [1.82, 2.24) is 5.32 Å². The molecule has 4 nitrogen and oxygen atoms in total. The first kappa shape index (κ1) is 13.0. The maximum absolute atomic E-state index is 11.8. The highest BCUT2D eigenvalue weighted by molar-refractivity contribution is 5.94. The Morgan fingerprint density at radius 2 is 2.29 bits per heavy atom. The van der Waals surface area contributed by atoms with Crippen molar-refractivity contribution >= 4 is 5.91 Å². The highest BCUT2D eigenvalue weighted by Gasteiger charge is 2.11. The second kappa shape index (κ2) is 5.90. The molecular formula is C13H16N2O2. The fourth-order valence-corrected chi connectivity index (χ4v) is 1.46. The van der Waals surface area contributed by atoms with E-state index in [4.69, 9.17) is 10.00 Å². The van der Waals surface area contributed by atoms with Crippen molar-refractivity contribution in [2.24, 2.45) is 0 Å². The molecule has 0 unspecified atom stereocenters. The van der Waals surface area contributed by atoms with Crippen LogP contribution in [0.15, 0.2) is 18.2 Å². The smallest absolute Gasteiger partial charge is 0.251 e. The highest BCUT2D eigenvalue weighted by Crippen LogP contribution is 2.18. The van der Waals surface area contributed by atoms with Crippen LogP contribution < -0.4 is 10.1 Å². The number of rotatable bonds is 4. The predicted octanol–water partition coefficient (Wildman–Crippen LogP) is 2.04. The van der Waals surface area contributed by atoms with Gasteiger partial charge in [0.25, 0.3) is 5.91 Å². The Hall–Kier alpha value is -2.02. The van der Waals surface area contributed by atoms with E-state index in [1.165, 1.54) is 0 Å². The fourth-order valence-electron chi connectivity index (χ4n) is 1.46. The zero-order valence-electron chi connectivity index (χ0n) is 10.3. The molecule has 0 radical (unpaired) electrons. The molecule has 1 atom stereocenters. The Kier molecular flexibility index (Phi) is 4.53. The van der Waals surface area contributed by atoms with Gasteiger partial charge in [0, 0.05) is 11.6 Å². The number of ether oxygens (including phenoxy) is 1. The van der Waals surface area contributed by atoms with Crippen molar-refractivity contribution < 1.29 is 9.53 Å². The molecule has 1 aromatic rings. The summed E-state index contributed by atoms with van der Waals surface area (Å²) in [4.78, 5) is 11.8. The number of nitrogens with one attached hydrogen (secondary N) is 1. The molecule has 0 aliphatic carbocycles.